The van der Waals surface area contributed by atoms with E-state index in [1.807, 2.05) is 6.07 Å². The quantitative estimate of drug-likeness (QED) is 0.0718. The first-order valence-corrected chi connectivity index (χ1v) is 25.5. The molecule has 5 aromatic rings. The van der Waals surface area contributed by atoms with Gasteiger partial charge in [-0.25, -0.2) is 22.5 Å². The largest absolute Gasteiger partial charge is 0.489 e. The first-order chi connectivity index (χ1) is 33.0. The minimum absolute atomic E-state index is 0.0344. The Morgan fingerprint density at radius 3 is 2.54 bits per heavy atom. The van der Waals surface area contributed by atoms with Gasteiger partial charge in [0.1, 0.15) is 29.9 Å². The second-order valence-corrected chi connectivity index (χ2v) is 22.1. The number of hydrogen-bond donors (Lipinski definition) is 4. The highest BCUT2D eigenvalue weighted by molar-refractivity contribution is 7.90. The van der Waals surface area contributed by atoms with Gasteiger partial charge in [0.05, 0.1) is 32.4 Å². The lowest BCUT2D eigenvalue weighted by Crippen LogP contribution is -2.54. The van der Waals surface area contributed by atoms with Crippen molar-refractivity contribution in [2.45, 2.75) is 120 Å². The molecule has 1 amide bonds. The Hall–Kier alpha value is -6.29. The highest BCUT2D eigenvalue weighted by atomic mass is 32.2. The van der Waals surface area contributed by atoms with Crippen LogP contribution in [-0.2, 0) is 10.0 Å². The standard InChI is InChI=1S/C51H57FN8O8S/c1-30(2)35-7-4-5-8-36(35)42-9-6-18-59(42)33-25-51(26-33)16-19-58(20-17-51)32-10-11-37(44(21-32)68-45-24-38-39(52)28-54-48(38)56-40(45)27-53)49(61)57-69(65,66)34-22-43(60(63)64)47-46(23-34)67-29-41(55-47)31-12-14-50(3,62)15-13-31/h4-5,7-8,10-11,21-24,28,30-31,33,41-42,55,62H,6,9,12-20,25-26,29H2,1-3H3,(H,54,56)(H,57,61)/t31?,41-,42+,50?/m1/s1. The Balaban J connectivity index is 0.884. The summed E-state index contributed by atoms with van der Waals surface area (Å²) in [6, 6.07) is 19.6. The molecule has 362 valence electrons. The van der Waals surface area contributed by atoms with Gasteiger partial charge in [-0.15, -0.1) is 0 Å². The van der Waals surface area contributed by atoms with E-state index in [0.29, 0.717) is 49.4 Å². The van der Waals surface area contributed by atoms with Crippen molar-refractivity contribution >= 4 is 44.0 Å². The van der Waals surface area contributed by atoms with Crippen LogP contribution in [0, 0.1) is 38.6 Å². The third-order valence-electron chi connectivity index (χ3n) is 15.6. The van der Waals surface area contributed by atoms with Crippen LogP contribution in [0.3, 0.4) is 0 Å². The number of hydrogen-bond acceptors (Lipinski definition) is 13. The minimum Gasteiger partial charge on any atom is -0.489 e. The van der Waals surface area contributed by atoms with E-state index in [9.17, 15) is 38.1 Å². The number of carbonyl (C=O) groups excluding carboxylic acids is 1. The van der Waals surface area contributed by atoms with Gasteiger partial charge in [0, 0.05) is 55.3 Å². The monoisotopic (exact) mass is 960 g/mol. The molecule has 4 N–H and O–H groups in total. The summed E-state index contributed by atoms with van der Waals surface area (Å²) in [6.07, 6.45) is 10.2. The number of carbonyl (C=O) groups is 1. The summed E-state index contributed by atoms with van der Waals surface area (Å²) in [5.41, 5.74) is 2.21. The Morgan fingerprint density at radius 2 is 1.81 bits per heavy atom. The summed E-state index contributed by atoms with van der Waals surface area (Å²) in [6.45, 7) is 8.99. The first kappa shape index (κ1) is 46.4. The molecule has 0 unspecified atom stereocenters. The second kappa shape index (κ2) is 17.9. The molecule has 0 radical (unpaired) electrons. The Bertz CT molecular complexity index is 2980. The molecule has 69 heavy (non-hydrogen) atoms. The van der Waals surface area contributed by atoms with Gasteiger partial charge in [-0.05, 0) is 124 Å². The fourth-order valence-corrected chi connectivity index (χ4v) is 12.7. The third-order valence-corrected chi connectivity index (χ3v) is 16.9. The Morgan fingerprint density at radius 1 is 1.06 bits per heavy atom. The van der Waals surface area contributed by atoms with E-state index in [1.54, 1.807) is 19.1 Å². The average molecular weight is 961 g/mol. The van der Waals surface area contributed by atoms with Gasteiger partial charge in [0.2, 0.25) is 0 Å². The van der Waals surface area contributed by atoms with Gasteiger partial charge in [-0.1, -0.05) is 38.1 Å². The molecule has 5 aliphatic rings. The molecule has 5 heterocycles. The van der Waals surface area contributed by atoms with Crippen molar-refractivity contribution in [2.75, 3.05) is 36.5 Å². The molecule has 1 spiro atoms. The van der Waals surface area contributed by atoms with E-state index in [0.717, 1.165) is 63.6 Å². The van der Waals surface area contributed by atoms with Gasteiger partial charge in [0.25, 0.3) is 21.6 Å². The van der Waals surface area contributed by atoms with Crippen LogP contribution in [0.15, 0.2) is 71.8 Å². The van der Waals surface area contributed by atoms with Crippen molar-refractivity contribution in [3.63, 3.8) is 0 Å². The van der Waals surface area contributed by atoms with Crippen LogP contribution in [0.25, 0.3) is 11.0 Å². The van der Waals surface area contributed by atoms with Gasteiger partial charge in [0.15, 0.2) is 22.9 Å². The van der Waals surface area contributed by atoms with E-state index in [1.165, 1.54) is 36.1 Å². The molecule has 10 rings (SSSR count). The lowest BCUT2D eigenvalue weighted by molar-refractivity contribution is -0.384. The number of nitrogens with zero attached hydrogens (tertiary/aromatic N) is 5. The molecule has 3 aliphatic heterocycles. The van der Waals surface area contributed by atoms with Crippen molar-refractivity contribution in [1.82, 2.24) is 19.6 Å². The molecule has 2 atom stereocenters. The number of aromatic amines is 1. The van der Waals surface area contributed by atoms with Gasteiger partial charge >= 0.3 is 0 Å². The number of piperidine rings is 1. The molecule has 2 saturated heterocycles. The van der Waals surface area contributed by atoms with Crippen molar-refractivity contribution in [3.05, 3.63) is 105 Å². The number of amides is 1. The molecule has 4 fully saturated rings. The number of nitrogens with one attached hydrogen (secondary N) is 3. The number of aromatic nitrogens is 2. The molecule has 2 aromatic heterocycles. The average Bonchev–Trinajstić information content (AvgIpc) is 3.96. The lowest BCUT2D eigenvalue weighted by Gasteiger charge is -2.56. The maximum Gasteiger partial charge on any atom is 0.297 e. The number of benzene rings is 3. The normalized spacial score (nSPS) is 23.7. The molecule has 2 saturated carbocycles. The number of halogens is 1. The highest BCUT2D eigenvalue weighted by Crippen LogP contribution is 2.54. The van der Waals surface area contributed by atoms with E-state index in [4.69, 9.17) is 9.47 Å². The molecule has 16 nitrogen and oxygen atoms in total. The number of anilines is 2. The third kappa shape index (κ3) is 8.96. The van der Waals surface area contributed by atoms with Crippen LogP contribution < -0.4 is 24.4 Å². The molecule has 3 aromatic carbocycles. The van der Waals surface area contributed by atoms with Crippen LogP contribution in [0.5, 0.6) is 17.2 Å². The molecular formula is C51H57FN8O8S. The fourth-order valence-electron chi connectivity index (χ4n) is 11.7. The maximum absolute atomic E-state index is 14.8. The number of ether oxygens (including phenoxy) is 2. The number of sulfonamides is 1. The van der Waals surface area contributed by atoms with Crippen LogP contribution >= 0.6 is 0 Å². The topological polar surface area (TPSA) is 216 Å². The second-order valence-electron chi connectivity index (χ2n) is 20.4. The number of aliphatic hydroxyl groups is 1. The number of nitro benzene ring substituents is 1. The van der Waals surface area contributed by atoms with Gasteiger partial charge in [-0.3, -0.25) is 19.8 Å². The van der Waals surface area contributed by atoms with Crippen molar-refractivity contribution in [2.24, 2.45) is 11.3 Å². The zero-order valence-electron chi connectivity index (χ0n) is 39.0. The van der Waals surface area contributed by atoms with E-state index < -0.39 is 42.9 Å². The van der Waals surface area contributed by atoms with Crippen molar-refractivity contribution < 1.29 is 37.1 Å². The number of nitriles is 1. The number of H-pyrrole nitrogens is 1. The summed E-state index contributed by atoms with van der Waals surface area (Å²) < 4.78 is 57.1. The summed E-state index contributed by atoms with van der Waals surface area (Å²) in [7, 11) is -4.78. The SMILES string of the molecule is CC(C)c1ccccc1[C@@H]1CCCN1C1CC2(CCN(c3ccc(C(=O)NS(=O)(=O)c4cc5c(c([N+](=O)[O-])c4)N[C@@H](C4CCC(C)(O)CC4)CO5)c(Oc4cc5c(F)c[nH]c5nc4C#N)c3)CC2)C1. The number of likely N-dealkylation sites (tertiary alicyclic amines) is 1. The summed E-state index contributed by atoms with van der Waals surface area (Å²) in [4.78, 5) is 37.2. The zero-order chi connectivity index (χ0) is 48.4. The van der Waals surface area contributed by atoms with Crippen molar-refractivity contribution in [1.29, 1.82) is 5.26 Å². The Labute approximate surface area is 400 Å². The van der Waals surface area contributed by atoms with Gasteiger partial charge < -0.3 is 29.8 Å². The number of nitro groups is 1. The summed E-state index contributed by atoms with van der Waals surface area (Å²) in [5.74, 6) is -1.54. The lowest BCUT2D eigenvalue weighted by atomic mass is 9.59. The predicted octanol–water partition coefficient (Wildman–Crippen LogP) is 9.22. The van der Waals surface area contributed by atoms with E-state index >= 15 is 0 Å². The smallest absolute Gasteiger partial charge is 0.297 e. The molecular weight excluding hydrogens is 904 g/mol. The highest BCUT2D eigenvalue weighted by Gasteiger charge is 2.50. The van der Waals surface area contributed by atoms with Gasteiger partial charge in [-0.2, -0.15) is 5.26 Å². The van der Waals surface area contributed by atoms with Crippen molar-refractivity contribution in [3.8, 4) is 23.3 Å². The summed E-state index contributed by atoms with van der Waals surface area (Å²) >= 11 is 0. The van der Waals surface area contributed by atoms with Crippen LogP contribution in [0.1, 0.15) is 124 Å². The molecule has 0 bridgehead atoms. The Kier molecular flexibility index (Phi) is 12.1. The number of rotatable bonds is 11. The zero-order valence-corrected chi connectivity index (χ0v) is 39.8. The fraction of sp³-hybridized carbons (Fsp3) is 0.471. The molecule has 18 heteroatoms. The van der Waals surface area contributed by atoms with E-state index in [2.05, 4.69) is 67.9 Å². The number of pyridine rings is 1. The predicted molar refractivity (Wildman–Crippen MR) is 257 cm³/mol. The number of fused-ring (bicyclic) bond motifs is 2. The van der Waals surface area contributed by atoms with Crippen LogP contribution in [0.4, 0.5) is 21.5 Å². The minimum atomic E-state index is -4.78. The van der Waals surface area contributed by atoms with E-state index in [-0.39, 0.29) is 69.2 Å². The van der Waals surface area contributed by atoms with Crippen LogP contribution in [0.2, 0.25) is 0 Å². The first-order valence-electron chi connectivity index (χ1n) is 24.0. The van der Waals surface area contributed by atoms with Crippen LogP contribution in [-0.4, -0.2) is 83.1 Å². The summed E-state index contributed by atoms with van der Waals surface area (Å²) in [5, 5.41) is 36.2. The maximum atomic E-state index is 14.8. The molecule has 2 aliphatic carbocycles.